The first kappa shape index (κ1) is 33.2. The van der Waals surface area contributed by atoms with Crippen LogP contribution in [0.3, 0.4) is 0 Å². The molecule has 3 N–H and O–H groups in total. The van der Waals surface area contributed by atoms with Gasteiger partial charge in [-0.2, -0.15) is 4.98 Å². The van der Waals surface area contributed by atoms with Gasteiger partial charge in [-0.3, -0.25) is 9.59 Å². The second-order valence-electron chi connectivity index (χ2n) is 13.0. The Morgan fingerprint density at radius 2 is 1.89 bits per heavy atom. The van der Waals surface area contributed by atoms with Crippen LogP contribution < -0.4 is 15.4 Å². The number of rotatable bonds is 5. The molecule has 0 bridgehead atoms. The number of carboxylic acid groups (broad SMARTS) is 1. The first-order valence-corrected chi connectivity index (χ1v) is 16.0. The minimum Gasteiger partial charge on any atom is -0.479 e. The predicted molar refractivity (Wildman–Crippen MR) is 169 cm³/mol. The van der Waals surface area contributed by atoms with Crippen molar-refractivity contribution in [2.75, 3.05) is 6.54 Å². The summed E-state index contributed by atoms with van der Waals surface area (Å²) in [7, 11) is 0. The van der Waals surface area contributed by atoms with Crippen LogP contribution in [0.5, 0.6) is 5.88 Å². The van der Waals surface area contributed by atoms with Crippen LogP contribution in [0.25, 0.3) is 11.4 Å². The molecule has 2 fully saturated rings. The molecule has 2 aliphatic heterocycles. The van der Waals surface area contributed by atoms with Gasteiger partial charge in [0.2, 0.25) is 17.7 Å². The number of halogens is 1. The summed E-state index contributed by atoms with van der Waals surface area (Å²) in [5.74, 6) is -2.04. The Labute approximate surface area is 272 Å². The summed E-state index contributed by atoms with van der Waals surface area (Å²) in [5.41, 5.74) is -1.50. The van der Waals surface area contributed by atoms with E-state index in [2.05, 4.69) is 20.6 Å². The molecule has 46 heavy (non-hydrogen) atoms. The van der Waals surface area contributed by atoms with Crippen molar-refractivity contribution in [1.82, 2.24) is 25.5 Å². The number of carboxylic acids is 1. The molecular weight excluding hydrogens is 614 g/mol. The standard InChI is InChI=1S/C33H40ClN5O7/c1-32(2,3)46-31(44)35-23-15-11-6-4-5-10-14-21-18-33(21,30(42)43)38-28(40)24-16-22(19-39(24)29(23)41)45-26-17-25(34)36-27(37-26)20-12-8-7-9-13-20/h7-10,12-14,17,21-24H,4-6,11,15-16,18-19H2,1-3H3,(H,35,44)(H,38,40)(H,42,43)/b14-10-/t21-,22-,23+,24+,33-/m1/s1. The number of ether oxygens (including phenoxy) is 2. The summed E-state index contributed by atoms with van der Waals surface area (Å²) in [6.45, 7) is 5.18. The predicted octanol–water partition coefficient (Wildman–Crippen LogP) is 4.52. The number of hydrogen-bond acceptors (Lipinski definition) is 8. The van der Waals surface area contributed by atoms with Crippen molar-refractivity contribution in [2.45, 2.75) is 95.0 Å². The van der Waals surface area contributed by atoms with Crippen LogP contribution in [0.4, 0.5) is 4.79 Å². The van der Waals surface area contributed by atoms with E-state index in [1.807, 2.05) is 42.5 Å². The van der Waals surface area contributed by atoms with Crippen LogP contribution in [-0.2, 0) is 19.1 Å². The lowest BCUT2D eigenvalue weighted by Gasteiger charge is -2.30. The highest BCUT2D eigenvalue weighted by molar-refractivity contribution is 6.29. The molecule has 3 aliphatic rings. The van der Waals surface area contributed by atoms with Crippen molar-refractivity contribution in [3.63, 3.8) is 0 Å². The zero-order valence-corrected chi connectivity index (χ0v) is 27.0. The number of nitrogens with zero attached hydrogens (tertiary/aromatic N) is 3. The molecule has 13 heteroatoms. The molecule has 5 atom stereocenters. The molecule has 1 aromatic carbocycles. The molecule has 1 aliphatic carbocycles. The number of amides is 3. The molecule has 0 unspecified atom stereocenters. The van der Waals surface area contributed by atoms with E-state index in [4.69, 9.17) is 21.1 Å². The van der Waals surface area contributed by atoms with Gasteiger partial charge in [0.05, 0.1) is 6.54 Å². The first-order chi connectivity index (χ1) is 21.8. The molecule has 0 spiro atoms. The number of benzene rings is 1. The monoisotopic (exact) mass is 653 g/mol. The van der Waals surface area contributed by atoms with Crippen LogP contribution in [0.1, 0.15) is 65.7 Å². The van der Waals surface area contributed by atoms with E-state index in [0.29, 0.717) is 18.7 Å². The van der Waals surface area contributed by atoms with Crippen molar-refractivity contribution in [1.29, 1.82) is 0 Å². The molecule has 5 rings (SSSR count). The summed E-state index contributed by atoms with van der Waals surface area (Å²) in [6.07, 6.45) is 6.05. The zero-order chi connectivity index (χ0) is 33.1. The largest absolute Gasteiger partial charge is 0.479 e. The lowest BCUT2D eigenvalue weighted by molar-refractivity contribution is -0.145. The number of hydrogen-bond donors (Lipinski definition) is 3. The third kappa shape index (κ3) is 7.96. The molecule has 246 valence electrons. The van der Waals surface area contributed by atoms with Crippen molar-refractivity contribution >= 4 is 35.5 Å². The van der Waals surface area contributed by atoms with Gasteiger partial charge < -0.3 is 30.1 Å². The summed E-state index contributed by atoms with van der Waals surface area (Å²) >= 11 is 6.31. The zero-order valence-electron chi connectivity index (χ0n) is 26.2. The number of nitrogens with one attached hydrogen (secondary N) is 2. The average molecular weight is 654 g/mol. The molecular formula is C33H40ClN5O7. The fraction of sp³-hybridized carbons (Fsp3) is 0.515. The summed E-state index contributed by atoms with van der Waals surface area (Å²) in [6, 6.07) is 8.66. The van der Waals surface area contributed by atoms with E-state index >= 15 is 0 Å². The quantitative estimate of drug-likeness (QED) is 0.311. The van der Waals surface area contributed by atoms with E-state index in [9.17, 15) is 24.3 Å². The van der Waals surface area contributed by atoms with Gasteiger partial charge in [-0.25, -0.2) is 14.6 Å². The second kappa shape index (κ2) is 13.7. The minimum atomic E-state index is -1.44. The van der Waals surface area contributed by atoms with E-state index in [1.54, 1.807) is 20.8 Å². The van der Waals surface area contributed by atoms with Gasteiger partial charge in [-0.05, 0) is 46.5 Å². The third-order valence-corrected chi connectivity index (χ3v) is 8.50. The van der Waals surface area contributed by atoms with Crippen LogP contribution in [-0.4, -0.2) is 79.7 Å². The van der Waals surface area contributed by atoms with Gasteiger partial charge in [0, 0.05) is 24.0 Å². The van der Waals surface area contributed by atoms with Crippen LogP contribution in [0.2, 0.25) is 5.15 Å². The fourth-order valence-corrected chi connectivity index (χ4v) is 6.11. The van der Waals surface area contributed by atoms with Crippen molar-refractivity contribution in [3.8, 4) is 17.3 Å². The van der Waals surface area contributed by atoms with Crippen LogP contribution in [0.15, 0.2) is 48.6 Å². The lowest BCUT2D eigenvalue weighted by atomic mass is 10.0. The molecule has 1 saturated carbocycles. The van der Waals surface area contributed by atoms with Gasteiger partial charge in [-0.15, -0.1) is 0 Å². The van der Waals surface area contributed by atoms with Gasteiger partial charge >= 0.3 is 12.1 Å². The fourth-order valence-electron chi connectivity index (χ4n) is 5.94. The number of aromatic nitrogens is 2. The Bertz CT molecular complexity index is 1500. The highest BCUT2D eigenvalue weighted by Crippen LogP contribution is 2.45. The van der Waals surface area contributed by atoms with Crippen molar-refractivity contribution in [2.24, 2.45) is 5.92 Å². The Morgan fingerprint density at radius 3 is 2.61 bits per heavy atom. The van der Waals surface area contributed by atoms with Gasteiger partial charge in [0.1, 0.15) is 34.5 Å². The molecule has 12 nitrogen and oxygen atoms in total. The maximum Gasteiger partial charge on any atom is 0.408 e. The average Bonchev–Trinajstić information content (AvgIpc) is 3.52. The summed E-state index contributed by atoms with van der Waals surface area (Å²) in [4.78, 5) is 63.3. The summed E-state index contributed by atoms with van der Waals surface area (Å²) in [5, 5.41) is 15.7. The third-order valence-electron chi connectivity index (χ3n) is 8.30. The topological polar surface area (TPSA) is 160 Å². The Hall–Kier alpha value is -4.19. The Kier molecular flexibility index (Phi) is 9.85. The minimum absolute atomic E-state index is 0.00485. The maximum atomic E-state index is 14.2. The number of allylic oxidation sites excluding steroid dienone is 1. The Balaban J connectivity index is 1.43. The lowest BCUT2D eigenvalue weighted by Crippen LogP contribution is -2.56. The van der Waals surface area contributed by atoms with Gasteiger partial charge in [0.25, 0.3) is 0 Å². The van der Waals surface area contributed by atoms with E-state index in [0.717, 1.165) is 24.8 Å². The Morgan fingerprint density at radius 1 is 1.13 bits per heavy atom. The molecule has 0 radical (unpaired) electrons. The normalized spacial score (nSPS) is 27.6. The van der Waals surface area contributed by atoms with Gasteiger partial charge in [-0.1, -0.05) is 66.9 Å². The van der Waals surface area contributed by atoms with E-state index in [1.165, 1.54) is 11.0 Å². The van der Waals surface area contributed by atoms with Crippen molar-refractivity contribution < 1.29 is 33.8 Å². The number of carbonyl (C=O) groups is 4. The maximum absolute atomic E-state index is 14.2. The molecule has 3 amide bonds. The van der Waals surface area contributed by atoms with Crippen LogP contribution in [0, 0.1) is 5.92 Å². The molecule has 1 saturated heterocycles. The molecule has 2 aromatic rings. The molecule has 3 heterocycles. The molecule has 1 aromatic heterocycles. The SMILES string of the molecule is CC(C)(C)OC(=O)N[C@H]1CCCCC/C=C\[C@@H]2C[C@@]2(C(=O)O)NC(=O)[C@@H]2C[C@@H](Oc3cc(Cl)nc(-c4ccccc4)n3)CN2C1=O. The van der Waals surface area contributed by atoms with Crippen LogP contribution >= 0.6 is 11.6 Å². The number of aliphatic carboxylic acids is 1. The first-order valence-electron chi connectivity index (χ1n) is 15.6. The van der Waals surface area contributed by atoms with Crippen molar-refractivity contribution in [3.05, 3.63) is 53.7 Å². The summed E-state index contributed by atoms with van der Waals surface area (Å²) < 4.78 is 11.6. The number of alkyl carbamates (subject to hydrolysis) is 1. The highest BCUT2D eigenvalue weighted by atomic mass is 35.5. The number of carbonyl (C=O) groups excluding carboxylic acids is 3. The van der Waals surface area contributed by atoms with E-state index in [-0.39, 0.29) is 36.3 Å². The number of fused-ring (bicyclic) bond motifs is 2. The highest BCUT2D eigenvalue weighted by Gasteiger charge is 2.61. The van der Waals surface area contributed by atoms with E-state index < -0.39 is 53.2 Å². The van der Waals surface area contributed by atoms with Gasteiger partial charge in [0.15, 0.2) is 5.82 Å². The second-order valence-corrected chi connectivity index (χ2v) is 13.4. The smallest absolute Gasteiger partial charge is 0.408 e.